The molecule has 3 aromatic rings. The number of carboxylic acids is 1. The second-order valence-corrected chi connectivity index (χ2v) is 6.61. The fraction of sp³-hybridized carbons (Fsp3) is 0.176. The topological polar surface area (TPSA) is 64.3 Å². The van der Waals surface area contributed by atoms with E-state index in [2.05, 4.69) is 4.98 Å². The van der Waals surface area contributed by atoms with Crippen LogP contribution in [0.25, 0.3) is 10.9 Å². The van der Waals surface area contributed by atoms with E-state index < -0.39 is 5.97 Å². The van der Waals surface area contributed by atoms with Crippen LogP contribution in [0.15, 0.2) is 46.3 Å². The van der Waals surface area contributed by atoms with Crippen LogP contribution in [-0.4, -0.2) is 27.7 Å². The monoisotopic (exact) mass is 362 g/mol. The van der Waals surface area contributed by atoms with Gasteiger partial charge in [-0.05, 0) is 31.2 Å². The number of aliphatic carboxylic acids is 1. The molecule has 1 N–H and O–H groups in total. The van der Waals surface area contributed by atoms with Gasteiger partial charge in [0.2, 0.25) is 0 Å². The van der Waals surface area contributed by atoms with E-state index in [1.165, 1.54) is 11.8 Å². The summed E-state index contributed by atoms with van der Waals surface area (Å²) in [6.45, 7) is 1.77. The summed E-state index contributed by atoms with van der Waals surface area (Å²) in [6.07, 6.45) is 1.59. The molecule has 0 atom stereocenters. The highest BCUT2D eigenvalue weighted by Gasteiger charge is 2.19. The van der Waals surface area contributed by atoms with E-state index in [9.17, 15) is 9.90 Å². The molecule has 0 radical (unpaired) electrons. The first kappa shape index (κ1) is 16.7. The van der Waals surface area contributed by atoms with Crippen molar-refractivity contribution in [3.05, 3.63) is 47.4 Å². The molecular formula is C17H15ClN2O3S. The van der Waals surface area contributed by atoms with Crippen molar-refractivity contribution in [3.8, 4) is 5.75 Å². The van der Waals surface area contributed by atoms with Crippen LogP contribution in [0.1, 0.15) is 5.69 Å². The molecule has 124 valence electrons. The number of benzene rings is 1. The number of hydrogen-bond acceptors (Lipinski definition) is 4. The predicted octanol–water partition coefficient (Wildman–Crippen LogP) is 4.24. The average molecular weight is 363 g/mol. The molecule has 0 aliphatic heterocycles. The Balaban J connectivity index is 2.16. The van der Waals surface area contributed by atoms with E-state index in [0.717, 1.165) is 32.1 Å². The van der Waals surface area contributed by atoms with Gasteiger partial charge in [0, 0.05) is 21.7 Å². The molecule has 0 aliphatic carbocycles. The minimum atomic E-state index is -0.902. The van der Waals surface area contributed by atoms with Gasteiger partial charge in [0.15, 0.2) is 0 Å². The molecule has 0 amide bonds. The van der Waals surface area contributed by atoms with Crippen LogP contribution in [0.3, 0.4) is 0 Å². The summed E-state index contributed by atoms with van der Waals surface area (Å²) in [4.78, 5) is 17.2. The SMILES string of the molecule is COc1cccc(Sc2c(C)n(CC(=O)O)c3ccnc(Cl)c23)c1. The lowest BCUT2D eigenvalue weighted by molar-refractivity contribution is -0.137. The van der Waals surface area contributed by atoms with Gasteiger partial charge in [0.05, 0.1) is 18.0 Å². The molecule has 2 aromatic heterocycles. The number of ether oxygens (including phenoxy) is 1. The van der Waals surface area contributed by atoms with Crippen LogP contribution in [0, 0.1) is 6.92 Å². The molecular weight excluding hydrogens is 348 g/mol. The van der Waals surface area contributed by atoms with Crippen LogP contribution >= 0.6 is 23.4 Å². The highest BCUT2D eigenvalue weighted by atomic mass is 35.5. The Kier molecular flexibility index (Phi) is 4.69. The summed E-state index contributed by atoms with van der Waals surface area (Å²) in [6, 6.07) is 9.46. The van der Waals surface area contributed by atoms with Crippen molar-refractivity contribution in [3.63, 3.8) is 0 Å². The number of nitrogens with zero attached hydrogens (tertiary/aromatic N) is 2. The minimum absolute atomic E-state index is 0.124. The summed E-state index contributed by atoms with van der Waals surface area (Å²) < 4.78 is 7.00. The van der Waals surface area contributed by atoms with Crippen molar-refractivity contribution in [1.29, 1.82) is 0 Å². The first-order chi connectivity index (χ1) is 11.5. The zero-order valence-electron chi connectivity index (χ0n) is 13.1. The van der Waals surface area contributed by atoms with Gasteiger partial charge in [-0.2, -0.15) is 0 Å². The molecule has 5 nitrogen and oxygen atoms in total. The van der Waals surface area contributed by atoms with Crippen LogP contribution < -0.4 is 4.74 Å². The zero-order chi connectivity index (χ0) is 17.3. The van der Waals surface area contributed by atoms with Gasteiger partial charge < -0.3 is 14.4 Å². The molecule has 0 saturated carbocycles. The molecule has 0 aliphatic rings. The number of aromatic nitrogens is 2. The molecule has 0 fully saturated rings. The summed E-state index contributed by atoms with van der Waals surface area (Å²) in [5, 5.41) is 10.3. The smallest absolute Gasteiger partial charge is 0.323 e. The number of pyridine rings is 1. The van der Waals surface area contributed by atoms with E-state index in [1.54, 1.807) is 23.9 Å². The number of rotatable bonds is 5. The van der Waals surface area contributed by atoms with Crippen LogP contribution in [-0.2, 0) is 11.3 Å². The molecule has 0 unspecified atom stereocenters. The number of fused-ring (bicyclic) bond motifs is 1. The standard InChI is InChI=1S/C17H15ClN2O3S/c1-10-16(24-12-5-3-4-11(8-12)23-2)15-13(6-7-19-17(15)18)20(10)9-14(21)22/h3-8H,9H2,1-2H3,(H,21,22). The molecule has 1 aromatic carbocycles. The van der Waals surface area contributed by atoms with E-state index in [-0.39, 0.29) is 6.54 Å². The van der Waals surface area contributed by atoms with Crippen molar-refractivity contribution in [2.24, 2.45) is 0 Å². The average Bonchev–Trinajstić information content (AvgIpc) is 2.81. The fourth-order valence-electron chi connectivity index (χ4n) is 2.59. The summed E-state index contributed by atoms with van der Waals surface area (Å²) >= 11 is 7.82. The largest absolute Gasteiger partial charge is 0.497 e. The van der Waals surface area contributed by atoms with Crippen LogP contribution in [0.4, 0.5) is 0 Å². The quantitative estimate of drug-likeness (QED) is 0.687. The Bertz CT molecular complexity index is 924. The van der Waals surface area contributed by atoms with Crippen LogP contribution in [0.2, 0.25) is 5.15 Å². The normalized spacial score (nSPS) is 11.0. The van der Waals surface area contributed by atoms with Crippen molar-refractivity contribution < 1.29 is 14.6 Å². The van der Waals surface area contributed by atoms with E-state index in [4.69, 9.17) is 16.3 Å². The Morgan fingerprint density at radius 1 is 1.42 bits per heavy atom. The first-order valence-electron chi connectivity index (χ1n) is 7.18. The summed E-state index contributed by atoms with van der Waals surface area (Å²) in [7, 11) is 1.62. The number of methoxy groups -OCH3 is 1. The van der Waals surface area contributed by atoms with Crippen molar-refractivity contribution >= 4 is 40.2 Å². The Morgan fingerprint density at radius 2 is 2.21 bits per heavy atom. The third-order valence-corrected chi connectivity index (χ3v) is 5.17. The van der Waals surface area contributed by atoms with Crippen LogP contribution in [0.5, 0.6) is 5.75 Å². The maximum Gasteiger partial charge on any atom is 0.323 e. The molecule has 7 heteroatoms. The molecule has 2 heterocycles. The lowest BCUT2D eigenvalue weighted by Crippen LogP contribution is -2.09. The van der Waals surface area contributed by atoms with Gasteiger partial charge in [-0.15, -0.1) is 0 Å². The van der Waals surface area contributed by atoms with Crippen molar-refractivity contribution in [1.82, 2.24) is 9.55 Å². The first-order valence-corrected chi connectivity index (χ1v) is 8.37. The zero-order valence-corrected chi connectivity index (χ0v) is 14.7. The number of carbonyl (C=O) groups is 1. The summed E-state index contributed by atoms with van der Waals surface area (Å²) in [5.74, 6) is -0.142. The third-order valence-electron chi connectivity index (χ3n) is 3.69. The molecule has 0 saturated heterocycles. The maximum atomic E-state index is 11.2. The van der Waals surface area contributed by atoms with Crippen molar-refractivity contribution in [2.75, 3.05) is 7.11 Å². The Morgan fingerprint density at radius 3 is 2.92 bits per heavy atom. The fourth-order valence-corrected chi connectivity index (χ4v) is 4.01. The number of halogens is 1. The third kappa shape index (κ3) is 3.07. The summed E-state index contributed by atoms with van der Waals surface area (Å²) in [5.41, 5.74) is 1.61. The van der Waals surface area contributed by atoms with Gasteiger partial charge in [0.1, 0.15) is 17.4 Å². The van der Waals surface area contributed by atoms with E-state index >= 15 is 0 Å². The van der Waals surface area contributed by atoms with Crippen molar-refractivity contribution in [2.45, 2.75) is 23.3 Å². The van der Waals surface area contributed by atoms with Gasteiger partial charge in [-0.1, -0.05) is 29.4 Å². The van der Waals surface area contributed by atoms with Gasteiger partial charge in [-0.25, -0.2) is 4.98 Å². The highest BCUT2D eigenvalue weighted by Crippen LogP contribution is 2.41. The minimum Gasteiger partial charge on any atom is -0.497 e. The predicted molar refractivity (Wildman–Crippen MR) is 94.2 cm³/mol. The Labute approximate surface area is 148 Å². The van der Waals surface area contributed by atoms with E-state index in [1.807, 2.05) is 31.2 Å². The molecule has 3 rings (SSSR count). The van der Waals surface area contributed by atoms with Gasteiger partial charge in [0.25, 0.3) is 0 Å². The lowest BCUT2D eigenvalue weighted by atomic mass is 10.3. The van der Waals surface area contributed by atoms with E-state index in [0.29, 0.717) is 5.15 Å². The second-order valence-electron chi connectivity index (χ2n) is 5.17. The molecule has 0 spiro atoms. The molecule has 0 bridgehead atoms. The molecule has 24 heavy (non-hydrogen) atoms. The highest BCUT2D eigenvalue weighted by molar-refractivity contribution is 7.99. The van der Waals surface area contributed by atoms with Gasteiger partial charge >= 0.3 is 5.97 Å². The Hall–Kier alpha value is -2.18. The maximum absolute atomic E-state index is 11.2. The van der Waals surface area contributed by atoms with Gasteiger partial charge in [-0.3, -0.25) is 4.79 Å². The lowest BCUT2D eigenvalue weighted by Gasteiger charge is -2.06. The number of hydrogen-bond donors (Lipinski definition) is 1. The second kappa shape index (κ2) is 6.75. The number of carboxylic acid groups (broad SMARTS) is 1.